The standard InChI is InChI=1S/2C3H7NO2S.Se/c2*4-2(1-7)3(5)6;/h2*2,7H,1,4H2,(H,5,6);. The SMILES string of the molecule is NC(CS)C(=O)O.NC(CS)C(=O)O.[Se]. The molecule has 0 aromatic heterocycles. The molecular formula is C6H14N2O4S2Se. The summed E-state index contributed by atoms with van der Waals surface area (Å²) in [5.41, 5.74) is 9.88. The zero-order valence-corrected chi connectivity index (χ0v) is 11.2. The molecule has 2 radical (unpaired) electrons. The Morgan fingerprint density at radius 2 is 1.20 bits per heavy atom. The van der Waals surface area contributed by atoms with Crippen LogP contribution in [-0.2, 0) is 9.59 Å². The number of aliphatic carboxylic acids is 2. The molecule has 6 N–H and O–H groups in total. The predicted octanol–water partition coefficient (Wildman–Crippen LogP) is -1.72. The summed E-state index contributed by atoms with van der Waals surface area (Å²) < 4.78 is 0. The molecule has 0 aromatic carbocycles. The molecule has 2 unspecified atom stereocenters. The van der Waals surface area contributed by atoms with Crippen LogP contribution in [0.1, 0.15) is 0 Å². The fourth-order valence-electron chi connectivity index (χ4n) is 0.156. The second-order valence-corrected chi connectivity index (χ2v) is 2.98. The Bertz CT molecular complexity index is 176. The molecule has 6 nitrogen and oxygen atoms in total. The molecule has 0 saturated heterocycles. The molecule has 0 aliphatic carbocycles. The Kier molecular flexibility index (Phi) is 16.6. The second kappa shape index (κ2) is 12.2. The molecule has 0 spiro atoms. The summed E-state index contributed by atoms with van der Waals surface area (Å²) in [4.78, 5) is 19.5. The molecule has 9 heteroatoms. The summed E-state index contributed by atoms with van der Waals surface area (Å²) in [5, 5.41) is 16.0. The molecule has 0 amide bonds. The van der Waals surface area contributed by atoms with Gasteiger partial charge < -0.3 is 21.7 Å². The van der Waals surface area contributed by atoms with Crippen LogP contribution in [0.15, 0.2) is 0 Å². The molecule has 90 valence electrons. The molecule has 0 bridgehead atoms. The Hall–Kier alpha value is 0.0795. The van der Waals surface area contributed by atoms with E-state index in [1.54, 1.807) is 0 Å². The fraction of sp³-hybridized carbons (Fsp3) is 0.667. The van der Waals surface area contributed by atoms with E-state index in [1.165, 1.54) is 0 Å². The van der Waals surface area contributed by atoms with Gasteiger partial charge in [-0.2, -0.15) is 25.3 Å². The Morgan fingerprint density at radius 3 is 1.20 bits per heavy atom. The van der Waals surface area contributed by atoms with E-state index in [4.69, 9.17) is 21.7 Å². The van der Waals surface area contributed by atoms with Crippen molar-refractivity contribution in [2.75, 3.05) is 11.5 Å². The minimum atomic E-state index is -1.00. The summed E-state index contributed by atoms with van der Waals surface area (Å²) in [7, 11) is 0. The van der Waals surface area contributed by atoms with Gasteiger partial charge in [-0.05, 0) is 0 Å². The minimum absolute atomic E-state index is 0. The molecule has 15 heavy (non-hydrogen) atoms. The number of carboxylic acid groups (broad SMARTS) is 2. The number of carboxylic acids is 2. The van der Waals surface area contributed by atoms with Gasteiger partial charge in [-0.1, -0.05) is 0 Å². The summed E-state index contributed by atoms with van der Waals surface area (Å²) in [5.74, 6) is -1.63. The number of hydrogen-bond donors (Lipinski definition) is 6. The molecule has 2 atom stereocenters. The van der Waals surface area contributed by atoms with E-state index in [9.17, 15) is 9.59 Å². The number of carbonyl (C=O) groups is 2. The summed E-state index contributed by atoms with van der Waals surface area (Å²) in [6.45, 7) is 0. The van der Waals surface area contributed by atoms with Gasteiger partial charge in [0.15, 0.2) is 0 Å². The van der Waals surface area contributed by atoms with Crippen LogP contribution in [0.5, 0.6) is 0 Å². The number of hydrogen-bond acceptors (Lipinski definition) is 6. The zero-order valence-electron chi connectivity index (χ0n) is 7.74. The van der Waals surface area contributed by atoms with E-state index in [0.717, 1.165) is 0 Å². The van der Waals surface area contributed by atoms with Gasteiger partial charge in [-0.15, -0.1) is 0 Å². The van der Waals surface area contributed by atoms with Gasteiger partial charge in [0.05, 0.1) is 0 Å². The molecule has 0 heterocycles. The molecule has 0 fully saturated rings. The largest absolute Gasteiger partial charge is 0.480 e. The molecule has 0 aliphatic rings. The van der Waals surface area contributed by atoms with Gasteiger partial charge in [0, 0.05) is 28.6 Å². The number of nitrogens with two attached hydrogens (primary N) is 2. The van der Waals surface area contributed by atoms with E-state index < -0.39 is 24.0 Å². The van der Waals surface area contributed by atoms with Crippen LogP contribution in [0.4, 0.5) is 0 Å². The van der Waals surface area contributed by atoms with Crippen LogP contribution in [0.2, 0.25) is 0 Å². The first-order chi connectivity index (χ1) is 6.36. The van der Waals surface area contributed by atoms with E-state index in [-0.39, 0.29) is 28.6 Å². The maximum Gasteiger partial charge on any atom is 0.321 e. The van der Waals surface area contributed by atoms with Crippen LogP contribution < -0.4 is 11.5 Å². The fourth-order valence-corrected chi connectivity index (χ4v) is 0.469. The quantitative estimate of drug-likeness (QED) is 0.270. The van der Waals surface area contributed by atoms with Crippen LogP contribution >= 0.6 is 25.3 Å². The first-order valence-electron chi connectivity index (χ1n) is 3.55. The molecule has 0 saturated carbocycles. The van der Waals surface area contributed by atoms with Crippen molar-refractivity contribution < 1.29 is 19.8 Å². The maximum atomic E-state index is 9.76. The third-order valence-corrected chi connectivity index (χ3v) is 1.81. The first-order valence-corrected chi connectivity index (χ1v) is 4.81. The average molecular weight is 321 g/mol. The number of thiol groups is 2. The van der Waals surface area contributed by atoms with Crippen molar-refractivity contribution in [2.45, 2.75) is 12.1 Å². The van der Waals surface area contributed by atoms with Gasteiger partial charge in [0.2, 0.25) is 0 Å². The van der Waals surface area contributed by atoms with Gasteiger partial charge >= 0.3 is 11.9 Å². The third-order valence-electron chi connectivity index (χ3n) is 1.03. The van der Waals surface area contributed by atoms with Crippen molar-refractivity contribution in [1.29, 1.82) is 0 Å². The van der Waals surface area contributed by atoms with Crippen molar-refractivity contribution in [1.82, 2.24) is 0 Å². The molecular weight excluding hydrogens is 307 g/mol. The second-order valence-electron chi connectivity index (χ2n) is 2.25. The zero-order chi connectivity index (χ0) is 11.7. The first kappa shape index (κ1) is 20.5. The van der Waals surface area contributed by atoms with Crippen molar-refractivity contribution in [3.05, 3.63) is 0 Å². The van der Waals surface area contributed by atoms with Crippen LogP contribution in [0.25, 0.3) is 0 Å². The topological polar surface area (TPSA) is 127 Å². The molecule has 0 rings (SSSR count). The Labute approximate surface area is 109 Å². The van der Waals surface area contributed by atoms with Crippen molar-refractivity contribution in [3.63, 3.8) is 0 Å². The predicted molar refractivity (Wildman–Crippen MR) is 64.7 cm³/mol. The van der Waals surface area contributed by atoms with E-state index in [0.29, 0.717) is 0 Å². The molecule has 0 aromatic rings. The van der Waals surface area contributed by atoms with Crippen molar-refractivity contribution in [2.24, 2.45) is 11.5 Å². The van der Waals surface area contributed by atoms with Crippen molar-refractivity contribution >= 4 is 54.3 Å². The van der Waals surface area contributed by atoms with Crippen LogP contribution in [0.3, 0.4) is 0 Å². The summed E-state index contributed by atoms with van der Waals surface area (Å²) in [6.07, 6.45) is 0. The summed E-state index contributed by atoms with van der Waals surface area (Å²) in [6, 6.07) is -1.63. The van der Waals surface area contributed by atoms with E-state index >= 15 is 0 Å². The van der Waals surface area contributed by atoms with Gasteiger partial charge in [0.1, 0.15) is 12.1 Å². The van der Waals surface area contributed by atoms with Gasteiger partial charge in [0.25, 0.3) is 0 Å². The van der Waals surface area contributed by atoms with Crippen molar-refractivity contribution in [3.8, 4) is 0 Å². The monoisotopic (exact) mass is 322 g/mol. The normalized spacial score (nSPS) is 12.5. The Morgan fingerprint density at radius 1 is 1.00 bits per heavy atom. The van der Waals surface area contributed by atoms with E-state index in [2.05, 4.69) is 25.3 Å². The van der Waals surface area contributed by atoms with E-state index in [1.807, 2.05) is 0 Å². The van der Waals surface area contributed by atoms with Gasteiger partial charge in [-0.3, -0.25) is 9.59 Å². The van der Waals surface area contributed by atoms with Gasteiger partial charge in [-0.25, -0.2) is 0 Å². The van der Waals surface area contributed by atoms with Crippen LogP contribution in [-0.4, -0.2) is 62.8 Å². The Balaban J connectivity index is -0.000000180. The van der Waals surface area contributed by atoms with Crippen LogP contribution in [0, 0.1) is 0 Å². The maximum absolute atomic E-state index is 9.76. The smallest absolute Gasteiger partial charge is 0.321 e. The summed E-state index contributed by atoms with van der Waals surface area (Å²) >= 11 is 7.30. The average Bonchev–Trinajstić information content (AvgIpc) is 2.15. The molecule has 0 aliphatic heterocycles. The third kappa shape index (κ3) is 14.1. The number of rotatable bonds is 4. The minimum Gasteiger partial charge on any atom is -0.480 e.